The van der Waals surface area contributed by atoms with Crippen molar-refractivity contribution in [1.82, 2.24) is 0 Å². The molecule has 148 valence electrons. The average molecular weight is 382 g/mol. The summed E-state index contributed by atoms with van der Waals surface area (Å²) in [6.45, 7) is 5.51. The standard InChI is InChI=1S/C21H26N4O3/c1-4-19(26)23-16-11-9-15(10-12-16)22-13-21(28)25-18-8-6-7-17(14(18)3)24-20(27)5-2/h6-12,22H,4-5,13H2,1-3H3,(H,23,26)(H,24,27)(H,25,28). The van der Waals surface area contributed by atoms with Gasteiger partial charge in [0.1, 0.15) is 0 Å². The molecule has 0 aliphatic heterocycles. The lowest BCUT2D eigenvalue weighted by Gasteiger charge is -2.14. The first-order valence-electron chi connectivity index (χ1n) is 9.26. The quantitative estimate of drug-likeness (QED) is 0.559. The van der Waals surface area contributed by atoms with Gasteiger partial charge in [-0.15, -0.1) is 0 Å². The highest BCUT2D eigenvalue weighted by Crippen LogP contribution is 2.23. The Labute approximate surface area is 164 Å². The van der Waals surface area contributed by atoms with Crippen molar-refractivity contribution in [3.8, 4) is 0 Å². The van der Waals surface area contributed by atoms with E-state index in [1.165, 1.54) is 0 Å². The molecule has 0 heterocycles. The Bertz CT molecular complexity index is 847. The average Bonchev–Trinajstić information content (AvgIpc) is 2.70. The molecule has 0 aliphatic rings. The number of carbonyl (C=O) groups is 3. The van der Waals surface area contributed by atoms with Crippen molar-refractivity contribution < 1.29 is 14.4 Å². The van der Waals surface area contributed by atoms with Crippen molar-refractivity contribution in [3.05, 3.63) is 48.0 Å². The predicted octanol–water partition coefficient (Wildman–Crippen LogP) is 3.74. The second-order valence-electron chi connectivity index (χ2n) is 6.26. The predicted molar refractivity (Wildman–Crippen MR) is 113 cm³/mol. The maximum absolute atomic E-state index is 12.3. The highest BCUT2D eigenvalue weighted by Gasteiger charge is 2.09. The number of benzene rings is 2. The van der Waals surface area contributed by atoms with Crippen LogP contribution in [0.15, 0.2) is 42.5 Å². The summed E-state index contributed by atoms with van der Waals surface area (Å²) in [5.74, 6) is -0.329. The smallest absolute Gasteiger partial charge is 0.243 e. The van der Waals surface area contributed by atoms with Crippen molar-refractivity contribution in [1.29, 1.82) is 0 Å². The van der Waals surface area contributed by atoms with Gasteiger partial charge in [0, 0.05) is 35.6 Å². The summed E-state index contributed by atoms with van der Waals surface area (Å²) < 4.78 is 0. The zero-order valence-electron chi connectivity index (χ0n) is 16.4. The molecular weight excluding hydrogens is 356 g/mol. The first-order chi connectivity index (χ1) is 13.4. The molecule has 0 spiro atoms. The van der Waals surface area contributed by atoms with E-state index in [2.05, 4.69) is 21.3 Å². The minimum Gasteiger partial charge on any atom is -0.376 e. The van der Waals surface area contributed by atoms with E-state index in [-0.39, 0.29) is 24.3 Å². The van der Waals surface area contributed by atoms with Crippen LogP contribution in [0.1, 0.15) is 32.3 Å². The lowest BCUT2D eigenvalue weighted by Crippen LogP contribution is -2.22. The van der Waals surface area contributed by atoms with Gasteiger partial charge in [-0.2, -0.15) is 0 Å². The number of anilines is 4. The Morgan fingerprint density at radius 3 is 1.79 bits per heavy atom. The van der Waals surface area contributed by atoms with Gasteiger partial charge in [0.25, 0.3) is 0 Å². The fourth-order valence-electron chi connectivity index (χ4n) is 2.44. The molecular formula is C21H26N4O3. The molecule has 0 fully saturated rings. The van der Waals surface area contributed by atoms with E-state index in [1.54, 1.807) is 56.3 Å². The monoisotopic (exact) mass is 382 g/mol. The zero-order valence-corrected chi connectivity index (χ0v) is 16.4. The normalized spacial score (nSPS) is 10.1. The lowest BCUT2D eigenvalue weighted by atomic mass is 10.1. The van der Waals surface area contributed by atoms with Crippen LogP contribution in [0.2, 0.25) is 0 Å². The third kappa shape index (κ3) is 6.12. The third-order valence-electron chi connectivity index (χ3n) is 4.15. The third-order valence-corrected chi connectivity index (χ3v) is 4.15. The van der Waals surface area contributed by atoms with Crippen LogP contribution in [0.25, 0.3) is 0 Å². The van der Waals surface area contributed by atoms with Crippen LogP contribution < -0.4 is 21.3 Å². The molecule has 0 saturated heterocycles. The summed E-state index contributed by atoms with van der Waals surface area (Å²) in [5.41, 5.74) is 3.61. The van der Waals surface area contributed by atoms with E-state index >= 15 is 0 Å². The fourth-order valence-corrected chi connectivity index (χ4v) is 2.44. The number of carbonyl (C=O) groups excluding carboxylic acids is 3. The highest BCUT2D eigenvalue weighted by molar-refractivity contribution is 5.97. The Hall–Kier alpha value is -3.35. The van der Waals surface area contributed by atoms with E-state index in [0.29, 0.717) is 29.9 Å². The van der Waals surface area contributed by atoms with E-state index < -0.39 is 0 Å². The van der Waals surface area contributed by atoms with Gasteiger partial charge >= 0.3 is 0 Å². The number of hydrogen-bond donors (Lipinski definition) is 4. The molecule has 3 amide bonds. The first kappa shape index (κ1) is 21.0. The van der Waals surface area contributed by atoms with Gasteiger partial charge in [0.05, 0.1) is 6.54 Å². The van der Waals surface area contributed by atoms with E-state index in [1.807, 2.05) is 6.92 Å². The van der Waals surface area contributed by atoms with Crippen molar-refractivity contribution in [2.45, 2.75) is 33.6 Å². The minimum absolute atomic E-state index is 0.0483. The second-order valence-corrected chi connectivity index (χ2v) is 6.26. The summed E-state index contributed by atoms with van der Waals surface area (Å²) in [5, 5.41) is 11.5. The molecule has 0 bridgehead atoms. The van der Waals surface area contributed by atoms with Crippen molar-refractivity contribution in [2.75, 3.05) is 27.8 Å². The van der Waals surface area contributed by atoms with Crippen LogP contribution in [0, 0.1) is 6.92 Å². The van der Waals surface area contributed by atoms with Crippen LogP contribution in [-0.2, 0) is 14.4 Å². The van der Waals surface area contributed by atoms with Gasteiger partial charge in [0.2, 0.25) is 17.7 Å². The Morgan fingerprint density at radius 2 is 1.21 bits per heavy atom. The number of rotatable bonds is 8. The molecule has 0 saturated carbocycles. The molecule has 0 aliphatic carbocycles. The van der Waals surface area contributed by atoms with Gasteiger partial charge in [0.15, 0.2) is 0 Å². The fraction of sp³-hybridized carbons (Fsp3) is 0.286. The maximum atomic E-state index is 12.3. The van der Waals surface area contributed by atoms with Crippen LogP contribution in [0.3, 0.4) is 0 Å². The van der Waals surface area contributed by atoms with Crippen LogP contribution in [-0.4, -0.2) is 24.3 Å². The highest BCUT2D eigenvalue weighted by atomic mass is 16.2. The van der Waals surface area contributed by atoms with Crippen molar-refractivity contribution >= 4 is 40.5 Å². The summed E-state index contributed by atoms with van der Waals surface area (Å²) in [4.78, 5) is 35.2. The topological polar surface area (TPSA) is 99.3 Å². The zero-order chi connectivity index (χ0) is 20.5. The van der Waals surface area contributed by atoms with Crippen LogP contribution in [0.4, 0.5) is 22.7 Å². The first-order valence-corrected chi connectivity index (χ1v) is 9.26. The maximum Gasteiger partial charge on any atom is 0.243 e. The summed E-state index contributed by atoms with van der Waals surface area (Å²) >= 11 is 0. The van der Waals surface area contributed by atoms with E-state index in [9.17, 15) is 14.4 Å². The van der Waals surface area contributed by atoms with Gasteiger partial charge < -0.3 is 21.3 Å². The molecule has 7 heteroatoms. The lowest BCUT2D eigenvalue weighted by molar-refractivity contribution is -0.116. The largest absolute Gasteiger partial charge is 0.376 e. The van der Waals surface area contributed by atoms with Gasteiger partial charge in [-0.25, -0.2) is 0 Å². The molecule has 0 aromatic heterocycles. The number of nitrogens with one attached hydrogen (secondary N) is 4. The number of amides is 3. The van der Waals surface area contributed by atoms with Crippen LogP contribution in [0.5, 0.6) is 0 Å². The molecule has 2 aromatic rings. The molecule has 2 rings (SSSR count). The molecule has 0 unspecified atom stereocenters. The van der Waals surface area contributed by atoms with Gasteiger partial charge in [-0.1, -0.05) is 19.9 Å². The van der Waals surface area contributed by atoms with E-state index in [0.717, 1.165) is 11.3 Å². The molecule has 4 N–H and O–H groups in total. The molecule has 0 radical (unpaired) electrons. The van der Waals surface area contributed by atoms with E-state index in [4.69, 9.17) is 0 Å². The van der Waals surface area contributed by atoms with Crippen molar-refractivity contribution in [3.63, 3.8) is 0 Å². The van der Waals surface area contributed by atoms with Crippen LogP contribution >= 0.6 is 0 Å². The minimum atomic E-state index is -0.203. The van der Waals surface area contributed by atoms with Gasteiger partial charge in [-0.05, 0) is 48.9 Å². The number of hydrogen-bond acceptors (Lipinski definition) is 4. The molecule has 28 heavy (non-hydrogen) atoms. The summed E-state index contributed by atoms with van der Waals surface area (Å²) in [6, 6.07) is 12.5. The Morgan fingerprint density at radius 1 is 0.714 bits per heavy atom. The van der Waals surface area contributed by atoms with Gasteiger partial charge in [-0.3, -0.25) is 14.4 Å². The Kier molecular flexibility index (Phi) is 7.56. The summed E-state index contributed by atoms with van der Waals surface area (Å²) in [6.07, 6.45) is 0.809. The Balaban J connectivity index is 1.91. The molecule has 2 aromatic carbocycles. The SMILES string of the molecule is CCC(=O)Nc1ccc(NCC(=O)Nc2cccc(NC(=O)CC)c2C)cc1. The molecule has 0 atom stereocenters. The van der Waals surface area contributed by atoms with Crippen molar-refractivity contribution in [2.24, 2.45) is 0 Å². The summed E-state index contributed by atoms with van der Waals surface area (Å²) in [7, 11) is 0. The molecule has 7 nitrogen and oxygen atoms in total. The second kappa shape index (κ2) is 10.1.